The van der Waals surface area contributed by atoms with Gasteiger partial charge in [0.15, 0.2) is 0 Å². The molecule has 1 aromatic carbocycles. The van der Waals surface area contributed by atoms with Gasteiger partial charge in [0.25, 0.3) is 10.0 Å². The van der Waals surface area contributed by atoms with Crippen LogP contribution in [0.3, 0.4) is 0 Å². The van der Waals surface area contributed by atoms with E-state index in [4.69, 9.17) is 23.2 Å². The van der Waals surface area contributed by atoms with Crippen LogP contribution in [-0.2, 0) is 27.7 Å². The summed E-state index contributed by atoms with van der Waals surface area (Å²) in [5.74, 6) is -1.20. The Morgan fingerprint density at radius 2 is 1.83 bits per heavy atom. The van der Waals surface area contributed by atoms with Crippen molar-refractivity contribution >= 4 is 44.8 Å². The van der Waals surface area contributed by atoms with Gasteiger partial charge < -0.3 is 5.11 Å². The molecule has 0 bridgehead atoms. The molecule has 9 heteroatoms. The number of aromatic nitrogens is 2. The first-order chi connectivity index (χ1) is 13.8. The average molecular weight is 455 g/mol. The van der Waals surface area contributed by atoms with Gasteiger partial charge in [-0.25, -0.2) is 0 Å². The third-order valence-corrected chi connectivity index (χ3v) is 8.18. The molecule has 1 unspecified atom stereocenters. The van der Waals surface area contributed by atoms with E-state index in [0.717, 1.165) is 34.5 Å². The fourth-order valence-corrected chi connectivity index (χ4v) is 6.58. The van der Waals surface area contributed by atoms with Crippen molar-refractivity contribution in [3.63, 3.8) is 0 Å². The minimum absolute atomic E-state index is 0.0558. The van der Waals surface area contributed by atoms with E-state index in [-0.39, 0.29) is 14.9 Å². The maximum absolute atomic E-state index is 13.4. The third kappa shape index (κ3) is 3.60. The lowest BCUT2D eigenvalue weighted by Gasteiger charge is -2.19. The molecule has 2 aromatic rings. The summed E-state index contributed by atoms with van der Waals surface area (Å²) in [5.41, 5.74) is 3.18. The van der Waals surface area contributed by atoms with Crippen molar-refractivity contribution in [2.75, 3.05) is 0 Å². The van der Waals surface area contributed by atoms with Crippen LogP contribution in [-0.4, -0.2) is 28.7 Å². The number of carboxylic acids is 1. The zero-order chi connectivity index (χ0) is 20.8. The number of benzene rings is 1. The van der Waals surface area contributed by atoms with Crippen LogP contribution < -0.4 is 0 Å². The molecule has 0 aliphatic heterocycles. The SMILES string of the molecule is O=C(O)C1CC=C(c2nn(S(=O)(=O)c3c(Cl)cccc3Cl)c3c2CCCC3)CC1. The van der Waals surface area contributed by atoms with E-state index in [2.05, 4.69) is 5.10 Å². The second-order valence-electron chi connectivity index (χ2n) is 7.42. The number of carbonyl (C=O) groups is 1. The fourth-order valence-electron chi connectivity index (χ4n) is 4.11. The number of aliphatic carboxylic acids is 1. The standard InChI is InChI=1S/C20H20Cl2N2O4S/c21-15-5-3-6-16(22)19(15)29(27,28)24-17-7-2-1-4-14(17)18(23-24)12-8-10-13(11-9-12)20(25)26/h3,5-6,8,13H,1-2,4,7,9-11H2,(H,25,26). The van der Waals surface area contributed by atoms with E-state index in [1.807, 2.05) is 6.08 Å². The van der Waals surface area contributed by atoms with Gasteiger partial charge in [0.2, 0.25) is 0 Å². The molecule has 1 heterocycles. The van der Waals surface area contributed by atoms with Crippen LogP contribution >= 0.6 is 23.2 Å². The number of carboxylic acid groups (broad SMARTS) is 1. The Morgan fingerprint density at radius 3 is 2.45 bits per heavy atom. The van der Waals surface area contributed by atoms with Gasteiger partial charge in [-0.1, -0.05) is 35.3 Å². The van der Waals surface area contributed by atoms with Gasteiger partial charge in [-0.15, -0.1) is 0 Å². The van der Waals surface area contributed by atoms with Crippen LogP contribution in [0.15, 0.2) is 29.2 Å². The van der Waals surface area contributed by atoms with Gasteiger partial charge >= 0.3 is 5.97 Å². The predicted octanol–water partition coefficient (Wildman–Crippen LogP) is 4.57. The second kappa shape index (κ2) is 7.78. The number of halogens is 2. The molecular formula is C20H20Cl2N2O4S. The highest BCUT2D eigenvalue weighted by Crippen LogP contribution is 2.38. The normalized spacial score (nSPS) is 19.5. The maximum Gasteiger partial charge on any atom is 0.306 e. The topological polar surface area (TPSA) is 89.3 Å². The maximum atomic E-state index is 13.4. The third-order valence-electron chi connectivity index (χ3n) is 5.62. The molecule has 29 heavy (non-hydrogen) atoms. The Morgan fingerprint density at radius 1 is 1.14 bits per heavy atom. The van der Waals surface area contributed by atoms with Crippen molar-refractivity contribution in [1.29, 1.82) is 0 Å². The Hall–Kier alpha value is -1.83. The molecule has 0 fully saturated rings. The van der Waals surface area contributed by atoms with Gasteiger partial charge in [-0.2, -0.15) is 17.6 Å². The minimum atomic E-state index is -4.06. The van der Waals surface area contributed by atoms with Gasteiger partial charge in [-0.3, -0.25) is 4.79 Å². The van der Waals surface area contributed by atoms with E-state index in [0.29, 0.717) is 37.1 Å². The largest absolute Gasteiger partial charge is 0.481 e. The van der Waals surface area contributed by atoms with Crippen molar-refractivity contribution in [3.8, 4) is 0 Å². The molecule has 1 aromatic heterocycles. The van der Waals surface area contributed by atoms with E-state index >= 15 is 0 Å². The van der Waals surface area contributed by atoms with E-state index < -0.39 is 21.9 Å². The molecule has 4 rings (SSSR count). The molecule has 0 saturated carbocycles. The minimum Gasteiger partial charge on any atom is -0.481 e. The number of nitrogens with zero attached hydrogens (tertiary/aromatic N) is 2. The Kier molecular flexibility index (Phi) is 5.48. The molecule has 2 aliphatic carbocycles. The van der Waals surface area contributed by atoms with Gasteiger partial charge in [-0.05, 0) is 62.7 Å². The molecule has 0 spiro atoms. The van der Waals surface area contributed by atoms with Crippen molar-refractivity contribution in [3.05, 3.63) is 51.3 Å². The molecule has 1 atom stereocenters. The summed E-state index contributed by atoms with van der Waals surface area (Å²) in [5, 5.41) is 13.8. The van der Waals surface area contributed by atoms with Crippen LogP contribution in [0, 0.1) is 5.92 Å². The molecule has 6 nitrogen and oxygen atoms in total. The fraction of sp³-hybridized carbons (Fsp3) is 0.400. The van der Waals surface area contributed by atoms with Crippen LogP contribution in [0.1, 0.15) is 49.1 Å². The van der Waals surface area contributed by atoms with Crippen LogP contribution in [0.4, 0.5) is 0 Å². The highest BCUT2D eigenvalue weighted by molar-refractivity contribution is 7.90. The number of hydrogen-bond donors (Lipinski definition) is 1. The molecule has 154 valence electrons. The van der Waals surface area contributed by atoms with Gasteiger partial charge in [0, 0.05) is 5.56 Å². The Bertz CT molecular complexity index is 1100. The summed E-state index contributed by atoms with van der Waals surface area (Å²) in [6.45, 7) is 0. The molecule has 1 N–H and O–H groups in total. The summed E-state index contributed by atoms with van der Waals surface area (Å²) in [7, 11) is -4.06. The molecule has 0 saturated heterocycles. The van der Waals surface area contributed by atoms with E-state index in [1.165, 1.54) is 12.1 Å². The first kappa shape index (κ1) is 20.4. The highest BCUT2D eigenvalue weighted by atomic mass is 35.5. The second-order valence-corrected chi connectivity index (χ2v) is 9.94. The number of rotatable bonds is 4. The quantitative estimate of drug-likeness (QED) is 0.730. The first-order valence-corrected chi connectivity index (χ1v) is 11.7. The molecular weight excluding hydrogens is 435 g/mol. The van der Waals surface area contributed by atoms with Crippen molar-refractivity contribution in [2.45, 2.75) is 49.8 Å². The molecule has 2 aliphatic rings. The summed E-state index contributed by atoms with van der Waals surface area (Å²) in [6.07, 6.45) is 6.59. The van der Waals surface area contributed by atoms with Gasteiger partial charge in [0.05, 0.1) is 27.4 Å². The lowest BCUT2D eigenvalue weighted by Crippen LogP contribution is -2.20. The van der Waals surface area contributed by atoms with E-state index in [1.54, 1.807) is 6.07 Å². The van der Waals surface area contributed by atoms with Crippen molar-refractivity contribution in [1.82, 2.24) is 9.19 Å². The molecule has 0 amide bonds. The first-order valence-electron chi connectivity index (χ1n) is 9.53. The van der Waals surface area contributed by atoms with Crippen LogP contribution in [0.25, 0.3) is 5.57 Å². The lowest BCUT2D eigenvalue weighted by molar-refractivity contribution is -0.141. The van der Waals surface area contributed by atoms with Crippen LogP contribution in [0.2, 0.25) is 10.0 Å². The average Bonchev–Trinajstić information content (AvgIpc) is 3.08. The highest BCUT2D eigenvalue weighted by Gasteiger charge is 2.33. The molecule has 0 radical (unpaired) electrons. The monoisotopic (exact) mass is 454 g/mol. The smallest absolute Gasteiger partial charge is 0.306 e. The van der Waals surface area contributed by atoms with E-state index in [9.17, 15) is 18.3 Å². The number of allylic oxidation sites excluding steroid dienone is 2. The zero-order valence-corrected chi connectivity index (χ0v) is 17.9. The van der Waals surface area contributed by atoms with Crippen molar-refractivity contribution < 1.29 is 18.3 Å². The number of fused-ring (bicyclic) bond motifs is 1. The summed E-state index contributed by atoms with van der Waals surface area (Å²) in [4.78, 5) is 11.1. The van der Waals surface area contributed by atoms with Crippen LogP contribution in [0.5, 0.6) is 0 Å². The Balaban J connectivity index is 1.84. The van der Waals surface area contributed by atoms with Crippen molar-refractivity contribution in [2.24, 2.45) is 5.92 Å². The summed E-state index contributed by atoms with van der Waals surface area (Å²) >= 11 is 12.4. The van der Waals surface area contributed by atoms with Gasteiger partial charge in [0.1, 0.15) is 4.90 Å². The lowest BCUT2D eigenvalue weighted by atomic mass is 9.85. The summed E-state index contributed by atoms with van der Waals surface area (Å²) in [6, 6.07) is 4.58. The zero-order valence-electron chi connectivity index (χ0n) is 15.6. The predicted molar refractivity (Wildman–Crippen MR) is 111 cm³/mol. The Labute approximate surface area is 179 Å². The number of hydrogen-bond acceptors (Lipinski definition) is 4. The summed E-state index contributed by atoms with van der Waals surface area (Å²) < 4.78 is 27.9.